The van der Waals surface area contributed by atoms with E-state index in [4.69, 9.17) is 0 Å². The standard InChI is InChI=1S/C3H2N4S/c1-2-3(5-4-1)6-7-8-2/h1H,(H,4,5). The highest BCUT2D eigenvalue weighted by Crippen LogP contribution is 2.08. The molecule has 0 amide bonds. The van der Waals surface area contributed by atoms with Gasteiger partial charge < -0.3 is 0 Å². The monoisotopic (exact) mass is 126 g/mol. The minimum Gasteiger partial charge on any atom is -0.259 e. The Hall–Kier alpha value is -0.970. The van der Waals surface area contributed by atoms with Crippen LogP contribution in [0, 0.1) is 0 Å². The molecule has 0 fully saturated rings. The quantitative estimate of drug-likeness (QED) is 0.556. The lowest BCUT2D eigenvalue weighted by molar-refractivity contribution is 1.06. The molecule has 0 spiro atoms. The number of nitrogens with zero attached hydrogens (tertiary/aromatic N) is 3. The van der Waals surface area contributed by atoms with Crippen molar-refractivity contribution in [3.63, 3.8) is 0 Å². The van der Waals surface area contributed by atoms with Gasteiger partial charge in [-0.25, -0.2) is 0 Å². The predicted octanol–water partition coefficient (Wildman–Crippen LogP) is 0.414. The summed E-state index contributed by atoms with van der Waals surface area (Å²) in [4.78, 5) is 0. The van der Waals surface area contributed by atoms with Gasteiger partial charge in [0.1, 0.15) is 4.70 Å². The molecule has 1 N–H and O–H groups in total. The molecule has 0 radical (unpaired) electrons. The third-order valence-corrected chi connectivity index (χ3v) is 1.52. The minimum absolute atomic E-state index is 0.773. The Kier molecular flexibility index (Phi) is 0.621. The highest BCUT2D eigenvalue weighted by molar-refractivity contribution is 7.12. The SMILES string of the molecule is c1n[nH]c2nnsc12. The highest BCUT2D eigenvalue weighted by atomic mass is 32.1. The van der Waals surface area contributed by atoms with E-state index in [0.29, 0.717) is 0 Å². The summed E-state index contributed by atoms with van der Waals surface area (Å²) in [5, 5.41) is 10.2. The Morgan fingerprint density at radius 2 is 2.62 bits per heavy atom. The predicted molar refractivity (Wildman–Crippen MR) is 29.6 cm³/mol. The van der Waals surface area contributed by atoms with E-state index >= 15 is 0 Å². The van der Waals surface area contributed by atoms with Crippen molar-refractivity contribution in [3.8, 4) is 0 Å². The van der Waals surface area contributed by atoms with Crippen LogP contribution in [0.1, 0.15) is 0 Å². The van der Waals surface area contributed by atoms with Gasteiger partial charge in [0.25, 0.3) is 0 Å². The number of aromatic nitrogens is 4. The van der Waals surface area contributed by atoms with E-state index in [1.807, 2.05) is 0 Å². The lowest BCUT2D eigenvalue weighted by Crippen LogP contribution is -1.67. The lowest BCUT2D eigenvalue weighted by atomic mass is 10.7. The molecule has 0 aromatic carbocycles. The van der Waals surface area contributed by atoms with E-state index in [9.17, 15) is 0 Å². The van der Waals surface area contributed by atoms with Crippen LogP contribution < -0.4 is 0 Å². The summed E-state index contributed by atoms with van der Waals surface area (Å²) in [6, 6.07) is 0. The zero-order valence-corrected chi connectivity index (χ0v) is 4.64. The molecule has 0 saturated carbocycles. The first-order valence-electron chi connectivity index (χ1n) is 2.08. The summed E-state index contributed by atoms with van der Waals surface area (Å²) < 4.78 is 4.69. The van der Waals surface area contributed by atoms with Gasteiger partial charge in [0, 0.05) is 0 Å². The normalized spacial score (nSPS) is 10.5. The van der Waals surface area contributed by atoms with Crippen LogP contribution in [0.3, 0.4) is 0 Å². The number of hydrogen-bond donors (Lipinski definition) is 1. The lowest BCUT2D eigenvalue weighted by Gasteiger charge is -1.60. The fraction of sp³-hybridized carbons (Fsp3) is 0. The molecule has 0 aliphatic carbocycles. The van der Waals surface area contributed by atoms with Crippen molar-refractivity contribution in [1.82, 2.24) is 19.8 Å². The second kappa shape index (κ2) is 1.25. The Balaban J connectivity index is 3.06. The highest BCUT2D eigenvalue weighted by Gasteiger charge is 1.95. The number of fused-ring (bicyclic) bond motifs is 1. The van der Waals surface area contributed by atoms with Gasteiger partial charge in [0.05, 0.1) is 6.20 Å². The molecule has 40 valence electrons. The molecule has 2 aromatic heterocycles. The van der Waals surface area contributed by atoms with E-state index < -0.39 is 0 Å². The Labute approximate surface area is 48.7 Å². The van der Waals surface area contributed by atoms with E-state index in [1.165, 1.54) is 11.5 Å². The smallest absolute Gasteiger partial charge is 0.190 e. The summed E-state index contributed by atoms with van der Waals surface area (Å²) >= 11 is 1.34. The van der Waals surface area contributed by atoms with Gasteiger partial charge in [-0.05, 0) is 11.5 Å². The molecule has 0 aliphatic heterocycles. The van der Waals surface area contributed by atoms with Gasteiger partial charge in [-0.3, -0.25) is 5.10 Å². The fourth-order valence-electron chi connectivity index (χ4n) is 0.512. The van der Waals surface area contributed by atoms with Crippen molar-refractivity contribution in [2.75, 3.05) is 0 Å². The summed E-state index contributed by atoms with van der Waals surface area (Å²) in [7, 11) is 0. The summed E-state index contributed by atoms with van der Waals surface area (Å²) in [5.41, 5.74) is 0.773. The van der Waals surface area contributed by atoms with E-state index in [1.54, 1.807) is 6.20 Å². The maximum absolute atomic E-state index is 3.74. The minimum atomic E-state index is 0.773. The molecular formula is C3H2N4S. The van der Waals surface area contributed by atoms with Crippen LogP contribution >= 0.6 is 11.5 Å². The molecule has 2 aromatic rings. The number of aromatic amines is 1. The number of H-pyrrole nitrogens is 1. The third-order valence-electron chi connectivity index (χ3n) is 0.866. The molecule has 5 heteroatoms. The van der Waals surface area contributed by atoms with Crippen molar-refractivity contribution in [2.24, 2.45) is 0 Å². The van der Waals surface area contributed by atoms with Crippen LogP contribution in [0.2, 0.25) is 0 Å². The number of nitrogens with one attached hydrogen (secondary N) is 1. The first kappa shape index (κ1) is 3.96. The molecule has 0 saturated heterocycles. The van der Waals surface area contributed by atoms with Crippen LogP contribution in [-0.4, -0.2) is 19.8 Å². The first-order chi connectivity index (χ1) is 3.97. The molecule has 0 atom stereocenters. The number of rotatable bonds is 0. The summed E-state index contributed by atoms with van der Waals surface area (Å²) in [6.45, 7) is 0. The number of hydrogen-bond acceptors (Lipinski definition) is 4. The van der Waals surface area contributed by atoms with Crippen LogP contribution in [0.4, 0.5) is 0 Å². The molecule has 8 heavy (non-hydrogen) atoms. The van der Waals surface area contributed by atoms with E-state index in [-0.39, 0.29) is 0 Å². The van der Waals surface area contributed by atoms with E-state index in [2.05, 4.69) is 19.8 Å². The molecule has 4 nitrogen and oxygen atoms in total. The van der Waals surface area contributed by atoms with Gasteiger partial charge in [0.2, 0.25) is 0 Å². The summed E-state index contributed by atoms with van der Waals surface area (Å²) in [6.07, 6.45) is 1.71. The van der Waals surface area contributed by atoms with Gasteiger partial charge >= 0.3 is 0 Å². The van der Waals surface area contributed by atoms with Gasteiger partial charge in [-0.2, -0.15) is 5.10 Å². The molecule has 0 bridgehead atoms. The molecule has 2 heterocycles. The largest absolute Gasteiger partial charge is 0.259 e. The van der Waals surface area contributed by atoms with Gasteiger partial charge in [0.15, 0.2) is 5.65 Å². The fourth-order valence-corrected chi connectivity index (χ4v) is 0.995. The van der Waals surface area contributed by atoms with Gasteiger partial charge in [-0.1, -0.05) is 4.49 Å². The molecular weight excluding hydrogens is 124 g/mol. The van der Waals surface area contributed by atoms with Crippen LogP contribution in [0.15, 0.2) is 6.20 Å². The second-order valence-electron chi connectivity index (χ2n) is 1.36. The van der Waals surface area contributed by atoms with Crippen molar-refractivity contribution in [3.05, 3.63) is 6.20 Å². The first-order valence-corrected chi connectivity index (χ1v) is 2.85. The third kappa shape index (κ3) is 0.362. The van der Waals surface area contributed by atoms with Gasteiger partial charge in [-0.15, -0.1) is 5.10 Å². The zero-order valence-electron chi connectivity index (χ0n) is 3.83. The second-order valence-corrected chi connectivity index (χ2v) is 2.14. The molecule has 0 unspecified atom stereocenters. The Morgan fingerprint density at radius 1 is 1.62 bits per heavy atom. The topological polar surface area (TPSA) is 54.5 Å². The molecule has 2 rings (SSSR count). The average molecular weight is 126 g/mol. The summed E-state index contributed by atoms with van der Waals surface area (Å²) in [5.74, 6) is 0. The van der Waals surface area contributed by atoms with Crippen molar-refractivity contribution in [1.29, 1.82) is 0 Å². The Bertz CT molecular complexity index is 233. The van der Waals surface area contributed by atoms with Crippen molar-refractivity contribution in [2.45, 2.75) is 0 Å². The zero-order chi connectivity index (χ0) is 5.40. The maximum atomic E-state index is 3.74. The van der Waals surface area contributed by atoms with Crippen molar-refractivity contribution >= 4 is 21.9 Å². The van der Waals surface area contributed by atoms with Crippen LogP contribution in [-0.2, 0) is 0 Å². The molecule has 0 aliphatic rings. The van der Waals surface area contributed by atoms with Crippen molar-refractivity contribution < 1.29 is 0 Å². The maximum Gasteiger partial charge on any atom is 0.190 e. The van der Waals surface area contributed by atoms with E-state index in [0.717, 1.165) is 10.3 Å². The average Bonchev–Trinajstić information content (AvgIpc) is 2.15. The van der Waals surface area contributed by atoms with Crippen LogP contribution in [0.25, 0.3) is 10.3 Å². The Morgan fingerprint density at radius 3 is 3.50 bits per heavy atom. The van der Waals surface area contributed by atoms with Crippen LogP contribution in [0.5, 0.6) is 0 Å².